The Morgan fingerprint density at radius 2 is 1.59 bits per heavy atom. The van der Waals surface area contributed by atoms with Crippen LogP contribution in [0.2, 0.25) is 0 Å². The van der Waals surface area contributed by atoms with E-state index >= 15 is 0 Å². The molecule has 0 saturated carbocycles. The minimum Gasteiger partial charge on any atom is -0.497 e. The van der Waals surface area contributed by atoms with Crippen LogP contribution in [-0.4, -0.2) is 50.9 Å². The quantitative estimate of drug-likeness (QED) is 0.252. The summed E-state index contributed by atoms with van der Waals surface area (Å²) >= 11 is 0. The average Bonchev–Trinajstić information content (AvgIpc) is 2.99. The largest absolute Gasteiger partial charge is 0.497 e. The highest BCUT2D eigenvalue weighted by Crippen LogP contribution is 2.33. The van der Waals surface area contributed by atoms with Gasteiger partial charge in [0.1, 0.15) is 18.3 Å². The number of anilines is 1. The van der Waals surface area contributed by atoms with E-state index in [1.54, 1.807) is 50.2 Å². The number of carbonyl (C=O) groups excluding carboxylic acids is 2. The molecule has 0 bridgehead atoms. The predicted octanol–water partition coefficient (Wildman–Crippen LogP) is 5.94. The molecule has 44 heavy (non-hydrogen) atoms. The zero-order valence-electron chi connectivity index (χ0n) is 25.4. The first-order valence-corrected chi connectivity index (χ1v) is 15.6. The number of nitrogens with one attached hydrogen (secondary N) is 1. The van der Waals surface area contributed by atoms with Crippen molar-refractivity contribution in [3.63, 3.8) is 0 Å². The van der Waals surface area contributed by atoms with Crippen molar-refractivity contribution in [3.8, 4) is 5.75 Å². The normalized spacial score (nSPS) is 13.1. The van der Waals surface area contributed by atoms with Crippen molar-refractivity contribution in [2.45, 2.75) is 70.2 Å². The Balaban J connectivity index is 2.12. The number of rotatable bonds is 13. The summed E-state index contributed by atoms with van der Waals surface area (Å²) in [7, 11) is -3.01. The monoisotopic (exact) mass is 633 g/mol. The van der Waals surface area contributed by atoms with Crippen LogP contribution in [0.4, 0.5) is 18.9 Å². The molecule has 0 radical (unpaired) electrons. The third-order valence-electron chi connectivity index (χ3n) is 7.25. The summed E-state index contributed by atoms with van der Waals surface area (Å²) in [5, 5.41) is 2.88. The van der Waals surface area contributed by atoms with E-state index in [1.807, 2.05) is 13.8 Å². The topological polar surface area (TPSA) is 96.0 Å². The number of nitrogens with zero attached hydrogens (tertiary/aromatic N) is 2. The lowest BCUT2D eigenvalue weighted by atomic mass is 10.1. The standard InChI is InChI=1S/C32H38F3N3O5S/c1-6-23(4)36-31(40)29(7-2)37(20-24-13-15-27(43-5)16-14-24)30(39)21-38(26-10-8-9-25(19-26)32(33,34)35)44(41,42)28-17-11-22(3)12-18-28/h8-19,23,29H,6-7,20-21H2,1-5H3,(H,36,40)/t23-,29-/m1/s1. The maximum absolute atomic E-state index is 14.1. The van der Waals surface area contributed by atoms with Crippen LogP contribution in [0.1, 0.15) is 50.3 Å². The molecule has 0 heterocycles. The van der Waals surface area contributed by atoms with Crippen LogP contribution in [0, 0.1) is 6.92 Å². The van der Waals surface area contributed by atoms with E-state index in [9.17, 15) is 31.2 Å². The van der Waals surface area contributed by atoms with Gasteiger partial charge in [-0.1, -0.05) is 49.7 Å². The third-order valence-corrected chi connectivity index (χ3v) is 9.04. The third kappa shape index (κ3) is 8.52. The maximum Gasteiger partial charge on any atom is 0.416 e. The van der Waals surface area contributed by atoms with Crippen LogP contribution in [0.3, 0.4) is 0 Å². The SMILES string of the molecule is CC[C@@H](C)NC(=O)[C@@H](CC)N(Cc1ccc(OC)cc1)C(=O)CN(c1cccc(C(F)(F)F)c1)S(=O)(=O)c1ccc(C)cc1. The number of benzene rings is 3. The van der Waals surface area contributed by atoms with E-state index < -0.39 is 46.2 Å². The second-order valence-electron chi connectivity index (χ2n) is 10.5. The van der Waals surface area contributed by atoms with Gasteiger partial charge in [0, 0.05) is 12.6 Å². The summed E-state index contributed by atoms with van der Waals surface area (Å²) < 4.78 is 74.7. The Morgan fingerprint density at radius 1 is 0.955 bits per heavy atom. The van der Waals surface area contributed by atoms with Crippen molar-refractivity contribution in [2.75, 3.05) is 18.0 Å². The molecule has 0 saturated heterocycles. The Morgan fingerprint density at radius 3 is 2.14 bits per heavy atom. The molecule has 0 fully saturated rings. The summed E-state index contributed by atoms with van der Waals surface area (Å²) in [5.74, 6) is -0.608. The summed E-state index contributed by atoms with van der Waals surface area (Å²) in [5.41, 5.74) is 0.00614. The lowest BCUT2D eigenvalue weighted by molar-refractivity contribution is -0.140. The molecule has 12 heteroatoms. The predicted molar refractivity (Wildman–Crippen MR) is 163 cm³/mol. The lowest BCUT2D eigenvalue weighted by Gasteiger charge is -2.34. The number of carbonyl (C=O) groups is 2. The van der Waals surface area contributed by atoms with Crippen molar-refractivity contribution in [1.29, 1.82) is 0 Å². The second kappa shape index (κ2) is 14.6. The number of sulfonamides is 1. The van der Waals surface area contributed by atoms with Crippen LogP contribution >= 0.6 is 0 Å². The molecule has 8 nitrogen and oxygen atoms in total. The number of hydrogen-bond donors (Lipinski definition) is 1. The Bertz CT molecular complexity index is 1530. The summed E-state index contributed by atoms with van der Waals surface area (Å²) in [6.45, 7) is 6.30. The van der Waals surface area contributed by atoms with Gasteiger partial charge in [-0.25, -0.2) is 8.42 Å². The molecule has 2 atom stereocenters. The minimum absolute atomic E-state index is 0.0593. The number of aryl methyl sites for hydroxylation is 1. The first-order chi connectivity index (χ1) is 20.7. The van der Waals surface area contributed by atoms with Crippen molar-refractivity contribution in [3.05, 3.63) is 89.5 Å². The van der Waals surface area contributed by atoms with Gasteiger partial charge in [-0.05, 0) is 74.7 Å². The molecule has 238 valence electrons. The van der Waals surface area contributed by atoms with Crippen LogP contribution in [-0.2, 0) is 32.3 Å². The summed E-state index contributed by atoms with van der Waals surface area (Å²) in [4.78, 5) is 28.6. The average molecular weight is 634 g/mol. The molecule has 2 amide bonds. The first-order valence-electron chi connectivity index (χ1n) is 14.2. The van der Waals surface area contributed by atoms with E-state index in [0.717, 1.165) is 17.7 Å². The van der Waals surface area contributed by atoms with Crippen molar-refractivity contribution in [1.82, 2.24) is 10.2 Å². The highest BCUT2D eigenvalue weighted by atomic mass is 32.2. The fourth-order valence-corrected chi connectivity index (χ4v) is 5.90. The number of halogens is 3. The highest BCUT2D eigenvalue weighted by molar-refractivity contribution is 7.92. The second-order valence-corrected chi connectivity index (χ2v) is 12.3. The van der Waals surface area contributed by atoms with Gasteiger partial charge < -0.3 is 15.0 Å². The van der Waals surface area contributed by atoms with Gasteiger partial charge in [-0.3, -0.25) is 13.9 Å². The first kappa shape index (κ1) is 34.4. The zero-order chi connectivity index (χ0) is 32.7. The zero-order valence-corrected chi connectivity index (χ0v) is 26.2. The number of amides is 2. The van der Waals surface area contributed by atoms with Gasteiger partial charge in [0.15, 0.2) is 0 Å². The lowest BCUT2D eigenvalue weighted by Crippen LogP contribution is -2.53. The number of ether oxygens (including phenoxy) is 1. The molecular formula is C32H38F3N3O5S. The van der Waals surface area contributed by atoms with E-state index in [4.69, 9.17) is 4.74 Å². The molecule has 0 aliphatic rings. The fraction of sp³-hybridized carbons (Fsp3) is 0.375. The smallest absolute Gasteiger partial charge is 0.416 e. The molecule has 0 aliphatic heterocycles. The van der Waals surface area contributed by atoms with Crippen molar-refractivity contribution < 1.29 is 35.9 Å². The van der Waals surface area contributed by atoms with Gasteiger partial charge in [0.05, 0.1) is 23.3 Å². The van der Waals surface area contributed by atoms with E-state index in [1.165, 1.54) is 30.2 Å². The molecule has 3 aromatic carbocycles. The van der Waals surface area contributed by atoms with E-state index in [2.05, 4.69) is 5.32 Å². The maximum atomic E-state index is 14.1. The number of alkyl halides is 3. The molecule has 0 unspecified atom stereocenters. The molecule has 0 spiro atoms. The fourth-order valence-electron chi connectivity index (χ4n) is 4.49. The van der Waals surface area contributed by atoms with Gasteiger partial charge in [-0.2, -0.15) is 13.2 Å². The minimum atomic E-state index is -4.75. The molecule has 0 aromatic heterocycles. The van der Waals surface area contributed by atoms with Crippen LogP contribution in [0.15, 0.2) is 77.7 Å². The van der Waals surface area contributed by atoms with Crippen molar-refractivity contribution >= 4 is 27.5 Å². The van der Waals surface area contributed by atoms with Gasteiger partial charge in [0.2, 0.25) is 11.8 Å². The van der Waals surface area contributed by atoms with Gasteiger partial charge in [0.25, 0.3) is 10.0 Å². The van der Waals surface area contributed by atoms with E-state index in [-0.39, 0.29) is 29.6 Å². The van der Waals surface area contributed by atoms with Crippen LogP contribution in [0.5, 0.6) is 5.75 Å². The van der Waals surface area contributed by atoms with Gasteiger partial charge >= 0.3 is 6.18 Å². The summed E-state index contributed by atoms with van der Waals surface area (Å²) in [6, 6.07) is 15.2. The molecule has 3 aromatic rings. The van der Waals surface area contributed by atoms with Gasteiger partial charge in [-0.15, -0.1) is 0 Å². The molecule has 0 aliphatic carbocycles. The van der Waals surface area contributed by atoms with E-state index in [0.29, 0.717) is 28.1 Å². The van der Waals surface area contributed by atoms with Crippen LogP contribution < -0.4 is 14.4 Å². The van der Waals surface area contributed by atoms with Crippen molar-refractivity contribution in [2.24, 2.45) is 0 Å². The van der Waals surface area contributed by atoms with Crippen LogP contribution in [0.25, 0.3) is 0 Å². The molecular weight excluding hydrogens is 595 g/mol. The Labute approximate surface area is 256 Å². The number of methoxy groups -OCH3 is 1. The summed E-state index contributed by atoms with van der Waals surface area (Å²) in [6.07, 6.45) is -3.90. The molecule has 1 N–H and O–H groups in total. The highest BCUT2D eigenvalue weighted by Gasteiger charge is 2.36. The Hall–Kier alpha value is -4.06. The Kier molecular flexibility index (Phi) is 11.4. The number of hydrogen-bond acceptors (Lipinski definition) is 5. The molecule has 3 rings (SSSR count).